The van der Waals surface area contributed by atoms with Gasteiger partial charge in [-0.05, 0) is 30.3 Å². The summed E-state index contributed by atoms with van der Waals surface area (Å²) in [5, 5.41) is 3.78. The van der Waals surface area contributed by atoms with E-state index >= 15 is 0 Å². The number of hydrogen-bond donors (Lipinski definition) is 1. The molecule has 4 aromatic heterocycles. The largest absolute Gasteiger partial charge is 0.297 e. The molecule has 4 heterocycles. The minimum absolute atomic E-state index is 0.180. The van der Waals surface area contributed by atoms with Crippen molar-refractivity contribution in [2.75, 3.05) is 5.32 Å². The Bertz CT molecular complexity index is 1330. The first kappa shape index (κ1) is 15.2. The molecular formula is C18H10N4O2S2. The second-order valence-corrected chi connectivity index (χ2v) is 7.68. The highest BCUT2D eigenvalue weighted by molar-refractivity contribution is 7.22. The number of thiazole rings is 1. The number of fused-ring (bicyclic) bond motifs is 3. The summed E-state index contributed by atoms with van der Waals surface area (Å²) in [5.74, 6) is -0.291. The summed E-state index contributed by atoms with van der Waals surface area (Å²) < 4.78 is 2.48. The van der Waals surface area contributed by atoms with Crippen LogP contribution in [0.1, 0.15) is 9.67 Å². The van der Waals surface area contributed by atoms with E-state index in [0.717, 1.165) is 10.2 Å². The van der Waals surface area contributed by atoms with Crippen LogP contribution in [-0.4, -0.2) is 20.3 Å². The minimum atomic E-state index is -0.291. The normalized spacial score (nSPS) is 11.4. The second-order valence-electron chi connectivity index (χ2n) is 5.62. The molecule has 5 rings (SSSR count). The molecule has 0 radical (unpaired) electrons. The fourth-order valence-electron chi connectivity index (χ4n) is 2.74. The van der Waals surface area contributed by atoms with Crippen molar-refractivity contribution in [2.45, 2.75) is 0 Å². The zero-order valence-electron chi connectivity index (χ0n) is 13.2. The number of thiophene rings is 1. The van der Waals surface area contributed by atoms with E-state index < -0.39 is 0 Å². The van der Waals surface area contributed by atoms with Gasteiger partial charge in [-0.2, -0.15) is 0 Å². The summed E-state index contributed by atoms with van der Waals surface area (Å²) >= 11 is 2.61. The number of hydrogen-bond acceptors (Lipinski definition) is 6. The number of pyridine rings is 1. The van der Waals surface area contributed by atoms with Crippen LogP contribution in [0, 0.1) is 0 Å². The van der Waals surface area contributed by atoms with E-state index in [0.29, 0.717) is 25.9 Å². The Balaban J connectivity index is 1.55. The van der Waals surface area contributed by atoms with Crippen molar-refractivity contribution in [3.05, 3.63) is 70.0 Å². The van der Waals surface area contributed by atoms with Crippen LogP contribution in [0.4, 0.5) is 5.13 Å². The van der Waals surface area contributed by atoms with Crippen LogP contribution in [0.25, 0.3) is 26.1 Å². The van der Waals surface area contributed by atoms with Crippen molar-refractivity contribution >= 4 is 59.8 Å². The Labute approximate surface area is 154 Å². The number of carbonyl (C=O) groups excluding carboxylic acids is 1. The molecular weight excluding hydrogens is 368 g/mol. The second kappa shape index (κ2) is 5.72. The third-order valence-corrected chi connectivity index (χ3v) is 5.93. The molecule has 0 bridgehead atoms. The molecule has 126 valence electrons. The van der Waals surface area contributed by atoms with Crippen LogP contribution in [-0.2, 0) is 0 Å². The van der Waals surface area contributed by atoms with E-state index in [1.165, 1.54) is 27.1 Å². The summed E-state index contributed by atoms with van der Waals surface area (Å²) in [5.41, 5.74) is 1.22. The summed E-state index contributed by atoms with van der Waals surface area (Å²) in [6.45, 7) is 0. The van der Waals surface area contributed by atoms with E-state index in [2.05, 4.69) is 15.3 Å². The first-order valence-corrected chi connectivity index (χ1v) is 9.40. The van der Waals surface area contributed by atoms with E-state index in [9.17, 15) is 9.59 Å². The maximum atomic E-state index is 12.6. The van der Waals surface area contributed by atoms with Crippen LogP contribution in [0.15, 0.2) is 59.5 Å². The molecule has 0 unspecified atom stereocenters. The van der Waals surface area contributed by atoms with Crippen molar-refractivity contribution in [1.82, 2.24) is 14.4 Å². The van der Waals surface area contributed by atoms with Crippen molar-refractivity contribution in [3.63, 3.8) is 0 Å². The third kappa shape index (κ3) is 2.39. The fourth-order valence-corrected chi connectivity index (χ4v) is 4.53. The number of anilines is 1. The van der Waals surface area contributed by atoms with Gasteiger partial charge in [0.15, 0.2) is 5.13 Å². The van der Waals surface area contributed by atoms with Gasteiger partial charge in [0.25, 0.3) is 11.5 Å². The molecule has 0 spiro atoms. The van der Waals surface area contributed by atoms with Crippen LogP contribution < -0.4 is 10.9 Å². The average Bonchev–Trinajstić information content (AvgIpc) is 3.25. The number of nitrogens with one attached hydrogen (secondary N) is 1. The van der Waals surface area contributed by atoms with Gasteiger partial charge in [-0.15, -0.1) is 11.3 Å². The van der Waals surface area contributed by atoms with Gasteiger partial charge in [-0.25, -0.2) is 9.97 Å². The number of rotatable bonds is 2. The molecule has 0 saturated carbocycles. The zero-order chi connectivity index (χ0) is 17.7. The molecule has 0 fully saturated rings. The van der Waals surface area contributed by atoms with Crippen molar-refractivity contribution in [2.24, 2.45) is 0 Å². The maximum Gasteiger partial charge on any atom is 0.267 e. The lowest BCUT2D eigenvalue weighted by Gasteiger charge is -1.97. The van der Waals surface area contributed by atoms with Gasteiger partial charge in [0.2, 0.25) is 0 Å². The summed E-state index contributed by atoms with van der Waals surface area (Å²) in [7, 11) is 0. The zero-order valence-corrected chi connectivity index (χ0v) is 14.8. The van der Waals surface area contributed by atoms with Gasteiger partial charge in [-0.3, -0.25) is 19.3 Å². The van der Waals surface area contributed by atoms with E-state index in [1.54, 1.807) is 24.4 Å². The summed E-state index contributed by atoms with van der Waals surface area (Å²) in [6, 6.07) is 14.6. The van der Waals surface area contributed by atoms with Gasteiger partial charge in [-0.1, -0.05) is 29.5 Å². The molecule has 8 heteroatoms. The smallest absolute Gasteiger partial charge is 0.267 e. The molecule has 0 aliphatic carbocycles. The number of carbonyl (C=O) groups is 1. The van der Waals surface area contributed by atoms with Crippen LogP contribution in [0.5, 0.6) is 0 Å². The molecule has 1 amide bonds. The fraction of sp³-hybridized carbons (Fsp3) is 0. The van der Waals surface area contributed by atoms with Gasteiger partial charge in [0.1, 0.15) is 10.5 Å². The molecule has 6 nitrogen and oxygen atoms in total. The summed E-state index contributed by atoms with van der Waals surface area (Å²) in [6.07, 6.45) is 1.67. The highest BCUT2D eigenvalue weighted by Gasteiger charge is 2.16. The highest BCUT2D eigenvalue weighted by atomic mass is 32.1. The van der Waals surface area contributed by atoms with Crippen molar-refractivity contribution in [1.29, 1.82) is 0 Å². The Morgan fingerprint density at radius 3 is 2.77 bits per heavy atom. The first-order valence-electron chi connectivity index (χ1n) is 7.77. The SMILES string of the molecule is O=C(Nc1nc2ccccc2s1)c1cc2c(=O)n3ccccc3nc2s1. The quantitative estimate of drug-likeness (QED) is 0.507. The number of nitrogens with zero attached hydrogens (tertiary/aromatic N) is 3. The highest BCUT2D eigenvalue weighted by Crippen LogP contribution is 2.27. The predicted molar refractivity (Wildman–Crippen MR) is 104 cm³/mol. The van der Waals surface area contributed by atoms with Gasteiger partial charge < -0.3 is 0 Å². The topological polar surface area (TPSA) is 76.4 Å². The molecule has 0 aliphatic rings. The molecule has 26 heavy (non-hydrogen) atoms. The molecule has 1 N–H and O–H groups in total. The number of para-hydroxylation sites is 1. The van der Waals surface area contributed by atoms with Gasteiger partial charge >= 0.3 is 0 Å². The Kier molecular flexibility index (Phi) is 3.34. The predicted octanol–water partition coefficient (Wildman–Crippen LogP) is 3.77. The lowest BCUT2D eigenvalue weighted by Crippen LogP contribution is -2.13. The molecule has 5 aromatic rings. The standard InChI is InChI=1S/C18H10N4O2S2/c23-15(21-18-19-11-5-1-2-6-12(11)26-18)13-9-10-16(25-13)20-14-7-3-4-8-22(14)17(10)24/h1-9H,(H,19,21,23). The first-order chi connectivity index (χ1) is 12.7. The molecule has 0 aliphatic heterocycles. The maximum absolute atomic E-state index is 12.6. The molecule has 0 atom stereocenters. The van der Waals surface area contributed by atoms with Crippen LogP contribution >= 0.6 is 22.7 Å². The lowest BCUT2D eigenvalue weighted by molar-refractivity contribution is 0.103. The number of benzene rings is 1. The minimum Gasteiger partial charge on any atom is -0.297 e. The monoisotopic (exact) mass is 378 g/mol. The van der Waals surface area contributed by atoms with Crippen molar-refractivity contribution in [3.8, 4) is 0 Å². The van der Waals surface area contributed by atoms with E-state index in [1.807, 2.05) is 30.3 Å². The van der Waals surface area contributed by atoms with E-state index in [4.69, 9.17) is 0 Å². The Morgan fingerprint density at radius 2 is 1.88 bits per heavy atom. The Morgan fingerprint density at radius 1 is 1.04 bits per heavy atom. The van der Waals surface area contributed by atoms with Gasteiger partial charge in [0, 0.05) is 6.20 Å². The lowest BCUT2D eigenvalue weighted by atomic mass is 10.3. The van der Waals surface area contributed by atoms with Crippen molar-refractivity contribution < 1.29 is 4.79 Å². The van der Waals surface area contributed by atoms with Gasteiger partial charge in [0.05, 0.1) is 20.5 Å². The number of aromatic nitrogens is 3. The van der Waals surface area contributed by atoms with Crippen LogP contribution in [0.2, 0.25) is 0 Å². The average molecular weight is 378 g/mol. The summed E-state index contributed by atoms with van der Waals surface area (Å²) in [4.78, 5) is 35.0. The molecule has 0 saturated heterocycles. The molecule has 1 aromatic carbocycles. The van der Waals surface area contributed by atoms with Crippen LogP contribution in [0.3, 0.4) is 0 Å². The number of amides is 1. The third-order valence-electron chi connectivity index (χ3n) is 3.95. The Hall–Kier alpha value is -3.10. The van der Waals surface area contributed by atoms with E-state index in [-0.39, 0.29) is 11.5 Å².